The van der Waals surface area contributed by atoms with Gasteiger partial charge in [0.15, 0.2) is 0 Å². The van der Waals surface area contributed by atoms with Gasteiger partial charge in [0, 0.05) is 24.3 Å². The van der Waals surface area contributed by atoms with Crippen molar-refractivity contribution in [1.82, 2.24) is 4.90 Å². The maximum atomic E-state index is 12.3. The highest BCUT2D eigenvalue weighted by Gasteiger charge is 2.31. The fraction of sp³-hybridized carbons (Fsp3) is 0.381. The van der Waals surface area contributed by atoms with Crippen LogP contribution in [0.1, 0.15) is 35.7 Å². The Bertz CT molecular complexity index is 789. The van der Waals surface area contributed by atoms with Crippen LogP contribution in [0.5, 0.6) is 5.75 Å². The van der Waals surface area contributed by atoms with E-state index in [1.54, 1.807) is 12.1 Å². The monoisotopic (exact) mass is 392 g/mol. The molecule has 3 rings (SSSR count). The molecule has 2 aromatic rings. The molecule has 0 aromatic heterocycles. The first-order chi connectivity index (χ1) is 13.3. The first kappa shape index (κ1) is 20.2. The third-order valence-electron chi connectivity index (χ3n) is 4.71. The average Bonchev–Trinajstić information content (AvgIpc) is 2.63. The molecule has 0 bridgehead atoms. The molecule has 1 aliphatic heterocycles. The van der Waals surface area contributed by atoms with Gasteiger partial charge in [0.25, 0.3) is 5.91 Å². The summed E-state index contributed by atoms with van der Waals surface area (Å²) in [5.74, 6) is 0.0660. The summed E-state index contributed by atoms with van der Waals surface area (Å²) in [5.41, 5.74) is 2.04. The summed E-state index contributed by atoms with van der Waals surface area (Å²) in [6, 6.07) is 12.5. The first-order valence-corrected chi connectivity index (χ1v) is 9.27. The van der Waals surface area contributed by atoms with E-state index in [9.17, 15) is 18.0 Å². The van der Waals surface area contributed by atoms with Crippen LogP contribution < -0.4 is 10.1 Å². The summed E-state index contributed by atoms with van der Waals surface area (Å²) in [4.78, 5) is 14.8. The van der Waals surface area contributed by atoms with Crippen molar-refractivity contribution in [1.29, 1.82) is 0 Å². The zero-order valence-electron chi connectivity index (χ0n) is 15.6. The van der Waals surface area contributed by atoms with Crippen LogP contribution in [0.2, 0.25) is 0 Å². The lowest BCUT2D eigenvalue weighted by molar-refractivity contribution is -0.274. The predicted molar refractivity (Wildman–Crippen MR) is 101 cm³/mol. The molecule has 0 aliphatic carbocycles. The van der Waals surface area contributed by atoms with Crippen molar-refractivity contribution in [3.8, 4) is 5.75 Å². The van der Waals surface area contributed by atoms with Crippen molar-refractivity contribution >= 4 is 11.6 Å². The normalized spacial score (nSPS) is 17.9. The molecular weight excluding hydrogens is 369 g/mol. The number of amides is 1. The van der Waals surface area contributed by atoms with E-state index < -0.39 is 6.36 Å². The number of likely N-dealkylation sites (tertiary alicyclic amines) is 1. The molecule has 1 aliphatic rings. The van der Waals surface area contributed by atoms with Gasteiger partial charge in [-0.25, -0.2) is 0 Å². The summed E-state index contributed by atoms with van der Waals surface area (Å²) >= 11 is 0. The van der Waals surface area contributed by atoms with Gasteiger partial charge in [-0.3, -0.25) is 9.69 Å². The second-order valence-electron chi connectivity index (χ2n) is 7.21. The van der Waals surface area contributed by atoms with E-state index in [4.69, 9.17) is 0 Å². The number of anilines is 1. The van der Waals surface area contributed by atoms with Crippen molar-refractivity contribution in [2.24, 2.45) is 5.92 Å². The molecule has 1 saturated heterocycles. The number of piperidine rings is 1. The highest BCUT2D eigenvalue weighted by molar-refractivity contribution is 6.04. The summed E-state index contributed by atoms with van der Waals surface area (Å²) in [6.45, 7) is 5.32. The number of nitrogens with one attached hydrogen (secondary N) is 1. The van der Waals surface area contributed by atoms with Gasteiger partial charge in [-0.2, -0.15) is 0 Å². The topological polar surface area (TPSA) is 41.6 Å². The van der Waals surface area contributed by atoms with E-state index in [-0.39, 0.29) is 11.7 Å². The maximum absolute atomic E-state index is 12.3. The Hall–Kier alpha value is -2.54. The van der Waals surface area contributed by atoms with Gasteiger partial charge in [0.05, 0.1) is 0 Å². The Morgan fingerprint density at radius 1 is 1.14 bits per heavy atom. The van der Waals surface area contributed by atoms with Crippen LogP contribution in [0.25, 0.3) is 0 Å². The van der Waals surface area contributed by atoms with Gasteiger partial charge in [0.2, 0.25) is 0 Å². The lowest BCUT2D eigenvalue weighted by Crippen LogP contribution is -2.33. The number of nitrogens with zero attached hydrogens (tertiary/aromatic N) is 1. The fourth-order valence-electron chi connectivity index (χ4n) is 3.39. The molecule has 4 nitrogen and oxygen atoms in total. The lowest BCUT2D eigenvalue weighted by Gasteiger charge is -2.30. The smallest absolute Gasteiger partial charge is 0.406 e. The Morgan fingerprint density at radius 3 is 2.43 bits per heavy atom. The molecule has 0 radical (unpaired) electrons. The molecule has 1 N–H and O–H groups in total. The Kier molecular flexibility index (Phi) is 6.24. The Morgan fingerprint density at radius 2 is 1.82 bits per heavy atom. The van der Waals surface area contributed by atoms with Gasteiger partial charge in [-0.1, -0.05) is 19.1 Å². The fourth-order valence-corrected chi connectivity index (χ4v) is 3.39. The third kappa shape index (κ3) is 5.99. The molecule has 2 aromatic carbocycles. The van der Waals surface area contributed by atoms with Crippen molar-refractivity contribution in [3.63, 3.8) is 0 Å². The van der Waals surface area contributed by atoms with Crippen LogP contribution in [0, 0.1) is 5.92 Å². The van der Waals surface area contributed by atoms with Crippen LogP contribution >= 0.6 is 0 Å². The molecule has 28 heavy (non-hydrogen) atoms. The van der Waals surface area contributed by atoms with E-state index in [2.05, 4.69) is 21.9 Å². The molecule has 1 heterocycles. The second-order valence-corrected chi connectivity index (χ2v) is 7.21. The van der Waals surface area contributed by atoms with Gasteiger partial charge in [0.1, 0.15) is 5.75 Å². The number of halogens is 3. The lowest BCUT2D eigenvalue weighted by atomic mass is 9.99. The second kappa shape index (κ2) is 8.65. The van der Waals surface area contributed by atoms with Crippen LogP contribution in [0.3, 0.4) is 0 Å². The summed E-state index contributed by atoms with van der Waals surface area (Å²) in [5, 5.41) is 2.67. The zero-order chi connectivity index (χ0) is 20.1. The van der Waals surface area contributed by atoms with Crippen LogP contribution in [-0.2, 0) is 6.54 Å². The van der Waals surface area contributed by atoms with Crippen LogP contribution in [-0.4, -0.2) is 30.3 Å². The number of carbonyl (C=O) groups excluding carboxylic acids is 1. The molecule has 0 spiro atoms. The highest BCUT2D eigenvalue weighted by Crippen LogP contribution is 2.24. The van der Waals surface area contributed by atoms with Gasteiger partial charge < -0.3 is 10.1 Å². The molecule has 1 unspecified atom stereocenters. The van der Waals surface area contributed by atoms with Crippen LogP contribution in [0.15, 0.2) is 48.5 Å². The summed E-state index contributed by atoms with van der Waals surface area (Å²) in [7, 11) is 0. The highest BCUT2D eigenvalue weighted by atomic mass is 19.4. The van der Waals surface area contributed by atoms with E-state index in [0.29, 0.717) is 17.2 Å². The third-order valence-corrected chi connectivity index (χ3v) is 4.71. The standard InChI is InChI=1S/C21H23F3N2O2/c1-15-3-2-12-26(13-15)14-16-4-6-17(7-5-16)20(27)25-18-8-10-19(11-9-18)28-21(22,23)24/h4-11,15H,2-3,12-14H2,1H3,(H,25,27). The van der Waals surface area contributed by atoms with Crippen molar-refractivity contribution < 1.29 is 22.7 Å². The van der Waals surface area contributed by atoms with Gasteiger partial charge >= 0.3 is 6.36 Å². The van der Waals surface area contributed by atoms with Crippen molar-refractivity contribution in [2.45, 2.75) is 32.7 Å². The minimum absolute atomic E-state index is 0.317. The number of rotatable bonds is 5. The van der Waals surface area contributed by atoms with Gasteiger partial charge in [-0.15, -0.1) is 13.2 Å². The summed E-state index contributed by atoms with van der Waals surface area (Å²) in [6.07, 6.45) is -2.24. The molecule has 7 heteroatoms. The molecule has 1 amide bonds. The van der Waals surface area contributed by atoms with E-state index in [1.807, 2.05) is 12.1 Å². The number of benzene rings is 2. The number of ether oxygens (including phenoxy) is 1. The number of alkyl halides is 3. The zero-order valence-corrected chi connectivity index (χ0v) is 15.6. The van der Waals surface area contributed by atoms with E-state index in [0.717, 1.165) is 37.3 Å². The molecular formula is C21H23F3N2O2. The van der Waals surface area contributed by atoms with E-state index in [1.165, 1.54) is 25.0 Å². The summed E-state index contributed by atoms with van der Waals surface area (Å²) < 4.78 is 40.3. The molecule has 0 saturated carbocycles. The maximum Gasteiger partial charge on any atom is 0.573 e. The Labute approximate surface area is 162 Å². The quantitative estimate of drug-likeness (QED) is 0.773. The van der Waals surface area contributed by atoms with Gasteiger partial charge in [-0.05, 0) is 67.3 Å². The minimum Gasteiger partial charge on any atom is -0.406 e. The average molecular weight is 392 g/mol. The molecule has 1 atom stereocenters. The minimum atomic E-state index is -4.74. The van der Waals surface area contributed by atoms with Crippen LogP contribution in [0.4, 0.5) is 18.9 Å². The van der Waals surface area contributed by atoms with Crippen molar-refractivity contribution in [3.05, 3.63) is 59.7 Å². The number of carbonyl (C=O) groups is 1. The number of hydrogen-bond acceptors (Lipinski definition) is 3. The largest absolute Gasteiger partial charge is 0.573 e. The molecule has 150 valence electrons. The molecule has 1 fully saturated rings. The number of hydrogen-bond donors (Lipinski definition) is 1. The van der Waals surface area contributed by atoms with Crippen molar-refractivity contribution in [2.75, 3.05) is 18.4 Å². The first-order valence-electron chi connectivity index (χ1n) is 9.27. The predicted octanol–water partition coefficient (Wildman–Crippen LogP) is 5.07. The SMILES string of the molecule is CC1CCCN(Cc2ccc(C(=O)Nc3ccc(OC(F)(F)F)cc3)cc2)C1. The van der Waals surface area contributed by atoms with E-state index >= 15 is 0 Å². The Balaban J connectivity index is 1.55.